The van der Waals surface area contributed by atoms with Crippen molar-refractivity contribution in [1.29, 1.82) is 0 Å². The molecule has 3 aliphatic heterocycles. The first-order chi connectivity index (χ1) is 13.8. The van der Waals surface area contributed by atoms with Crippen LogP contribution in [0, 0.1) is 5.41 Å². The van der Waals surface area contributed by atoms with Crippen LogP contribution in [0.4, 0.5) is 5.69 Å². The van der Waals surface area contributed by atoms with Gasteiger partial charge in [-0.1, -0.05) is 13.8 Å². The highest BCUT2D eigenvalue weighted by atomic mass is 16.2. The Bertz CT molecular complexity index is 889. The zero-order valence-corrected chi connectivity index (χ0v) is 16.7. The number of rotatable bonds is 5. The van der Waals surface area contributed by atoms with Crippen molar-refractivity contribution in [3.8, 4) is 0 Å². The normalized spacial score (nSPS) is 24.7. The number of fused-ring (bicyclic) bond motifs is 1. The maximum absolute atomic E-state index is 12.9. The van der Waals surface area contributed by atoms with Gasteiger partial charge in [0.1, 0.15) is 6.04 Å². The smallest absolute Gasteiger partial charge is 0.262 e. The summed E-state index contributed by atoms with van der Waals surface area (Å²) in [6.07, 6.45) is 2.59. The third kappa shape index (κ3) is 3.53. The minimum atomic E-state index is -0.941. The van der Waals surface area contributed by atoms with Crippen LogP contribution in [0.2, 0.25) is 0 Å². The van der Waals surface area contributed by atoms with Crippen LogP contribution in [0.25, 0.3) is 0 Å². The number of imide groups is 2. The van der Waals surface area contributed by atoms with E-state index in [1.165, 1.54) is 6.42 Å². The number of piperidine rings is 1. The van der Waals surface area contributed by atoms with Crippen LogP contribution < -0.4 is 16.0 Å². The largest absolute Gasteiger partial charge is 0.384 e. The molecule has 4 rings (SSSR count). The number of nitrogens with zero attached hydrogens (tertiary/aromatic N) is 1. The zero-order valence-electron chi connectivity index (χ0n) is 16.7. The summed E-state index contributed by atoms with van der Waals surface area (Å²) in [6, 6.07) is 4.60. The van der Waals surface area contributed by atoms with E-state index in [2.05, 4.69) is 29.8 Å². The van der Waals surface area contributed by atoms with E-state index in [4.69, 9.17) is 0 Å². The fourth-order valence-corrected chi connectivity index (χ4v) is 4.39. The summed E-state index contributed by atoms with van der Waals surface area (Å²) >= 11 is 0. The molecule has 0 aromatic heterocycles. The van der Waals surface area contributed by atoms with E-state index in [0.717, 1.165) is 30.1 Å². The predicted molar refractivity (Wildman–Crippen MR) is 106 cm³/mol. The monoisotopic (exact) mass is 398 g/mol. The number of carbonyl (C=O) groups is 4. The Balaban J connectivity index is 1.50. The molecule has 0 saturated carbocycles. The maximum atomic E-state index is 12.9. The maximum Gasteiger partial charge on any atom is 0.262 e. The molecule has 4 amide bonds. The van der Waals surface area contributed by atoms with Gasteiger partial charge in [-0.05, 0) is 49.4 Å². The van der Waals surface area contributed by atoms with Crippen LogP contribution in [0.3, 0.4) is 0 Å². The average Bonchev–Trinajstić information content (AvgIpc) is 3.30. The van der Waals surface area contributed by atoms with Crippen molar-refractivity contribution in [3.05, 3.63) is 29.3 Å². The van der Waals surface area contributed by atoms with E-state index < -0.39 is 23.8 Å². The second kappa shape index (κ2) is 7.26. The Labute approximate surface area is 169 Å². The van der Waals surface area contributed by atoms with Crippen LogP contribution in [-0.4, -0.2) is 53.7 Å². The lowest BCUT2D eigenvalue weighted by Gasteiger charge is -2.32. The highest BCUT2D eigenvalue weighted by molar-refractivity contribution is 6.23. The molecule has 29 heavy (non-hydrogen) atoms. The second-order valence-electron chi connectivity index (χ2n) is 8.70. The van der Waals surface area contributed by atoms with Gasteiger partial charge < -0.3 is 10.6 Å². The molecule has 0 bridgehead atoms. The molecule has 0 radical (unpaired) electrons. The summed E-state index contributed by atoms with van der Waals surface area (Å²) in [7, 11) is 0. The van der Waals surface area contributed by atoms with Crippen molar-refractivity contribution in [3.63, 3.8) is 0 Å². The second-order valence-corrected chi connectivity index (χ2v) is 8.70. The summed E-state index contributed by atoms with van der Waals surface area (Å²) in [5, 5.41) is 9.13. The molecule has 2 unspecified atom stereocenters. The lowest BCUT2D eigenvalue weighted by molar-refractivity contribution is -0.136. The van der Waals surface area contributed by atoms with Crippen LogP contribution in [0.1, 0.15) is 60.2 Å². The van der Waals surface area contributed by atoms with Gasteiger partial charge in [0.25, 0.3) is 11.8 Å². The Morgan fingerprint density at radius 3 is 2.55 bits per heavy atom. The van der Waals surface area contributed by atoms with Crippen LogP contribution in [0.5, 0.6) is 0 Å². The molecular formula is C21H26N4O4. The highest BCUT2D eigenvalue weighted by Gasteiger charge is 2.44. The van der Waals surface area contributed by atoms with E-state index in [1.54, 1.807) is 18.2 Å². The molecule has 0 aliphatic carbocycles. The Morgan fingerprint density at radius 2 is 1.86 bits per heavy atom. The molecule has 8 nitrogen and oxygen atoms in total. The van der Waals surface area contributed by atoms with Gasteiger partial charge in [-0.2, -0.15) is 0 Å². The van der Waals surface area contributed by atoms with E-state index in [1.807, 2.05) is 0 Å². The van der Waals surface area contributed by atoms with Gasteiger partial charge in [0.05, 0.1) is 11.1 Å². The van der Waals surface area contributed by atoms with Gasteiger partial charge in [-0.15, -0.1) is 0 Å². The summed E-state index contributed by atoms with van der Waals surface area (Å²) in [5.74, 6) is -1.95. The summed E-state index contributed by atoms with van der Waals surface area (Å²) in [5.41, 5.74) is 1.39. The number of hydrogen-bond acceptors (Lipinski definition) is 6. The van der Waals surface area contributed by atoms with Crippen LogP contribution >= 0.6 is 0 Å². The molecule has 8 heteroatoms. The molecule has 0 spiro atoms. The molecule has 2 saturated heterocycles. The summed E-state index contributed by atoms with van der Waals surface area (Å²) in [6.45, 7) is 6.17. The third-order valence-electron chi connectivity index (χ3n) is 6.19. The number of anilines is 1. The predicted octanol–water partition coefficient (Wildman–Crippen LogP) is 1.28. The van der Waals surface area contributed by atoms with Gasteiger partial charge >= 0.3 is 0 Å². The topological polar surface area (TPSA) is 108 Å². The lowest BCUT2D eigenvalue weighted by atomic mass is 9.83. The zero-order chi connectivity index (χ0) is 20.8. The first kappa shape index (κ1) is 19.6. The molecule has 1 aromatic carbocycles. The van der Waals surface area contributed by atoms with Gasteiger partial charge in [0.15, 0.2) is 0 Å². The SMILES string of the molecule is CC(C)(CNc1ccc2c(c1)C(=O)N(C1CCC(=O)NC1=O)C2=O)C1CCCN1. The lowest BCUT2D eigenvalue weighted by Crippen LogP contribution is -2.54. The van der Waals surface area contributed by atoms with Gasteiger partial charge in [0.2, 0.25) is 11.8 Å². The molecule has 3 N–H and O–H groups in total. The first-order valence-electron chi connectivity index (χ1n) is 10.1. The molecule has 2 fully saturated rings. The van der Waals surface area contributed by atoms with Gasteiger partial charge in [-0.3, -0.25) is 29.4 Å². The number of carbonyl (C=O) groups excluding carboxylic acids is 4. The van der Waals surface area contributed by atoms with E-state index in [9.17, 15) is 19.2 Å². The minimum Gasteiger partial charge on any atom is -0.384 e. The van der Waals surface area contributed by atoms with Crippen LogP contribution in [0.15, 0.2) is 18.2 Å². The quantitative estimate of drug-likeness (QED) is 0.645. The van der Waals surface area contributed by atoms with E-state index >= 15 is 0 Å². The summed E-state index contributed by atoms with van der Waals surface area (Å²) in [4.78, 5) is 50.2. The number of amides is 4. The number of nitrogens with one attached hydrogen (secondary N) is 3. The highest BCUT2D eigenvalue weighted by Crippen LogP contribution is 2.31. The van der Waals surface area contributed by atoms with Crippen LogP contribution in [-0.2, 0) is 9.59 Å². The molecule has 2 atom stereocenters. The van der Waals surface area contributed by atoms with Crippen molar-refractivity contribution >= 4 is 29.3 Å². The molecular weight excluding hydrogens is 372 g/mol. The van der Waals surface area contributed by atoms with Crippen molar-refractivity contribution in [2.45, 2.75) is 51.6 Å². The fraction of sp³-hybridized carbons (Fsp3) is 0.524. The van der Waals surface area contributed by atoms with Crippen molar-refractivity contribution < 1.29 is 19.2 Å². The minimum absolute atomic E-state index is 0.0358. The first-order valence-corrected chi connectivity index (χ1v) is 10.1. The molecule has 3 aliphatic rings. The Hall–Kier alpha value is -2.74. The number of benzene rings is 1. The summed E-state index contributed by atoms with van der Waals surface area (Å²) < 4.78 is 0. The average molecular weight is 398 g/mol. The van der Waals surface area contributed by atoms with Gasteiger partial charge in [-0.25, -0.2) is 0 Å². The van der Waals surface area contributed by atoms with Crippen molar-refractivity contribution in [1.82, 2.24) is 15.5 Å². The molecule has 3 heterocycles. The number of hydrogen-bond donors (Lipinski definition) is 3. The fourth-order valence-electron chi connectivity index (χ4n) is 4.39. The standard InChI is InChI=1S/C21H26N4O4/c1-21(2,16-4-3-9-22-16)11-23-12-5-6-13-14(10-12)20(29)25(19(13)28)15-7-8-17(26)24-18(15)27/h5-6,10,15-16,22-23H,3-4,7-9,11H2,1-2H3,(H,24,26,27). The van der Waals surface area contributed by atoms with Crippen molar-refractivity contribution in [2.24, 2.45) is 5.41 Å². The molecule has 154 valence electrons. The molecule has 1 aromatic rings. The van der Waals surface area contributed by atoms with E-state index in [-0.39, 0.29) is 24.2 Å². The Morgan fingerprint density at radius 1 is 1.10 bits per heavy atom. The third-order valence-corrected chi connectivity index (χ3v) is 6.19. The van der Waals surface area contributed by atoms with E-state index in [0.29, 0.717) is 17.2 Å². The van der Waals surface area contributed by atoms with Crippen molar-refractivity contribution in [2.75, 3.05) is 18.4 Å². The Kier molecular flexibility index (Phi) is 4.90. The van der Waals surface area contributed by atoms with Gasteiger partial charge in [0, 0.05) is 24.7 Å².